The number of ether oxygens (including phenoxy) is 4. The minimum absolute atomic E-state index is 0.0413. The van der Waals surface area contributed by atoms with E-state index in [-0.39, 0.29) is 25.8 Å². The van der Waals surface area contributed by atoms with Gasteiger partial charge in [-0.15, -0.1) is 0 Å². The summed E-state index contributed by atoms with van der Waals surface area (Å²) in [5.41, 5.74) is 0. The van der Waals surface area contributed by atoms with Gasteiger partial charge in [-0.25, -0.2) is 0 Å². The van der Waals surface area contributed by atoms with Gasteiger partial charge in [0.25, 0.3) is 0 Å². The first-order valence-corrected chi connectivity index (χ1v) is 6.68. The molecule has 0 radical (unpaired) electrons. The molecule has 8 heteroatoms. The topological polar surface area (TPSA) is 115 Å². The monoisotopic (exact) mass is 310 g/mol. The lowest BCUT2D eigenvalue weighted by atomic mass is 10.6. The molecular formula is C13H26O8. The van der Waals surface area contributed by atoms with Gasteiger partial charge in [0.1, 0.15) is 0 Å². The molecule has 0 aromatic heterocycles. The first kappa shape index (κ1) is 22.4. The van der Waals surface area contributed by atoms with Gasteiger partial charge < -0.3 is 29.2 Å². The third kappa shape index (κ3) is 32.5. The van der Waals surface area contributed by atoms with Crippen LogP contribution in [0.15, 0.2) is 0 Å². The number of aliphatic hydroxyl groups is 2. The number of aldehydes is 2. The SMILES string of the molecule is CC1CO1.O=CC=O.OCCOCCOCCOCCO. The van der Waals surface area contributed by atoms with Crippen molar-refractivity contribution in [1.29, 1.82) is 0 Å². The summed E-state index contributed by atoms with van der Waals surface area (Å²) in [6.45, 7) is 5.81. The smallest absolute Gasteiger partial charge is 0.182 e. The number of carbonyl (C=O) groups excluding carboxylic acids is 2. The number of aliphatic hydroxyl groups excluding tert-OH is 2. The predicted octanol–water partition coefficient (Wildman–Crippen LogP) is -1.19. The van der Waals surface area contributed by atoms with E-state index in [1.807, 2.05) is 0 Å². The van der Waals surface area contributed by atoms with Crippen LogP contribution in [0.3, 0.4) is 0 Å². The number of hydrogen-bond acceptors (Lipinski definition) is 8. The van der Waals surface area contributed by atoms with E-state index in [1.54, 1.807) is 0 Å². The molecule has 0 saturated carbocycles. The Morgan fingerprint density at radius 2 is 1.19 bits per heavy atom. The quantitative estimate of drug-likeness (QED) is 0.212. The number of rotatable bonds is 11. The highest BCUT2D eigenvalue weighted by atomic mass is 16.6. The highest BCUT2D eigenvalue weighted by Gasteiger charge is 2.13. The van der Waals surface area contributed by atoms with Gasteiger partial charge in [-0.3, -0.25) is 9.59 Å². The van der Waals surface area contributed by atoms with E-state index in [1.165, 1.54) is 0 Å². The second-order valence-corrected chi connectivity index (χ2v) is 3.70. The van der Waals surface area contributed by atoms with E-state index in [9.17, 15) is 0 Å². The fourth-order valence-electron chi connectivity index (χ4n) is 0.767. The third-order valence-corrected chi connectivity index (χ3v) is 1.77. The van der Waals surface area contributed by atoms with Crippen LogP contribution in [0.25, 0.3) is 0 Å². The molecule has 1 aliphatic rings. The minimum atomic E-state index is 0.0413. The molecule has 1 rings (SSSR count). The van der Waals surface area contributed by atoms with Crippen molar-refractivity contribution in [3.63, 3.8) is 0 Å². The summed E-state index contributed by atoms with van der Waals surface area (Å²) in [5, 5.41) is 16.7. The van der Waals surface area contributed by atoms with E-state index in [2.05, 4.69) is 6.92 Å². The van der Waals surface area contributed by atoms with E-state index >= 15 is 0 Å². The molecule has 2 N–H and O–H groups in total. The van der Waals surface area contributed by atoms with Crippen LogP contribution in [0.1, 0.15) is 6.92 Å². The van der Waals surface area contributed by atoms with Gasteiger partial charge in [0.05, 0.1) is 65.6 Å². The Kier molecular flexibility index (Phi) is 22.8. The molecule has 1 aliphatic heterocycles. The maximum Gasteiger partial charge on any atom is 0.182 e. The van der Waals surface area contributed by atoms with E-state index in [0.717, 1.165) is 6.61 Å². The van der Waals surface area contributed by atoms with Gasteiger partial charge >= 0.3 is 0 Å². The number of epoxide rings is 1. The van der Waals surface area contributed by atoms with Crippen molar-refractivity contribution in [2.45, 2.75) is 13.0 Å². The van der Waals surface area contributed by atoms with Gasteiger partial charge in [0.2, 0.25) is 0 Å². The molecule has 21 heavy (non-hydrogen) atoms. The fraction of sp³-hybridized carbons (Fsp3) is 0.846. The molecule has 1 saturated heterocycles. The lowest BCUT2D eigenvalue weighted by molar-refractivity contribution is -0.122. The first-order chi connectivity index (χ1) is 10.2. The zero-order chi connectivity index (χ0) is 16.2. The van der Waals surface area contributed by atoms with Crippen LogP contribution in [0.2, 0.25) is 0 Å². The highest BCUT2D eigenvalue weighted by Crippen LogP contribution is 2.04. The average molecular weight is 310 g/mol. The molecule has 0 spiro atoms. The van der Waals surface area contributed by atoms with Gasteiger partial charge in [0.15, 0.2) is 12.6 Å². The molecular weight excluding hydrogens is 284 g/mol. The molecule has 0 aliphatic carbocycles. The first-order valence-electron chi connectivity index (χ1n) is 6.68. The molecule has 126 valence electrons. The Morgan fingerprint density at radius 3 is 1.38 bits per heavy atom. The molecule has 0 bridgehead atoms. The third-order valence-electron chi connectivity index (χ3n) is 1.77. The largest absolute Gasteiger partial charge is 0.394 e. The Labute approximate surface area is 124 Å². The van der Waals surface area contributed by atoms with Crippen LogP contribution in [0.5, 0.6) is 0 Å². The van der Waals surface area contributed by atoms with Crippen LogP contribution in [-0.2, 0) is 28.5 Å². The maximum atomic E-state index is 8.81. The zero-order valence-electron chi connectivity index (χ0n) is 12.4. The molecule has 1 unspecified atom stereocenters. The average Bonchev–Trinajstić information content (AvgIpc) is 3.29. The standard InChI is InChI=1S/C8H18O5.C3H6O.C2H2O2/c9-1-3-11-5-7-13-8-6-12-4-2-10;1-3-2-4-3;3-1-2-4/h9-10H,1-8H2;3H,2H2,1H3;1-2H. The molecule has 1 atom stereocenters. The Morgan fingerprint density at radius 1 is 0.905 bits per heavy atom. The summed E-state index contributed by atoms with van der Waals surface area (Å²) in [7, 11) is 0. The number of carbonyl (C=O) groups is 2. The van der Waals surface area contributed by atoms with E-state index in [4.69, 9.17) is 38.7 Å². The van der Waals surface area contributed by atoms with E-state index < -0.39 is 0 Å². The van der Waals surface area contributed by atoms with Crippen molar-refractivity contribution in [1.82, 2.24) is 0 Å². The summed E-state index contributed by atoms with van der Waals surface area (Å²) >= 11 is 0. The Hall–Kier alpha value is -0.900. The van der Waals surface area contributed by atoms with E-state index in [0.29, 0.717) is 45.7 Å². The summed E-state index contributed by atoms with van der Waals surface area (Å²) < 4.78 is 19.7. The summed E-state index contributed by atoms with van der Waals surface area (Å²) in [6.07, 6.45) is 0.972. The van der Waals surface area contributed by atoms with Crippen molar-refractivity contribution < 1.29 is 38.7 Å². The Balaban J connectivity index is 0. The Bertz CT molecular complexity index is 192. The van der Waals surface area contributed by atoms with Crippen molar-refractivity contribution in [2.24, 2.45) is 0 Å². The highest BCUT2D eigenvalue weighted by molar-refractivity contribution is 6.09. The van der Waals surface area contributed by atoms with Crippen LogP contribution in [0.4, 0.5) is 0 Å². The minimum Gasteiger partial charge on any atom is -0.394 e. The molecule has 1 heterocycles. The molecule has 1 fully saturated rings. The second-order valence-electron chi connectivity index (χ2n) is 3.70. The van der Waals surface area contributed by atoms with Gasteiger partial charge in [0, 0.05) is 0 Å². The summed E-state index contributed by atoms with van der Waals surface area (Å²) in [5.74, 6) is 0. The molecule has 8 nitrogen and oxygen atoms in total. The normalized spacial score (nSPS) is 15.1. The maximum absolute atomic E-state index is 8.81. The van der Waals surface area contributed by atoms with Crippen molar-refractivity contribution in [3.8, 4) is 0 Å². The van der Waals surface area contributed by atoms with Crippen LogP contribution < -0.4 is 0 Å². The fourth-order valence-corrected chi connectivity index (χ4v) is 0.767. The van der Waals surface area contributed by atoms with Crippen LogP contribution in [0, 0.1) is 0 Å². The van der Waals surface area contributed by atoms with Crippen molar-refractivity contribution in [2.75, 3.05) is 59.5 Å². The van der Waals surface area contributed by atoms with Crippen LogP contribution in [-0.4, -0.2) is 88.4 Å². The van der Waals surface area contributed by atoms with Gasteiger partial charge in [-0.2, -0.15) is 0 Å². The number of hydrogen-bond donors (Lipinski definition) is 2. The lowest BCUT2D eigenvalue weighted by Gasteiger charge is -2.04. The molecule has 0 amide bonds. The van der Waals surface area contributed by atoms with Crippen molar-refractivity contribution in [3.05, 3.63) is 0 Å². The summed E-state index contributed by atoms with van der Waals surface area (Å²) in [4.78, 5) is 17.6. The lowest BCUT2D eigenvalue weighted by Crippen LogP contribution is -2.11. The summed E-state index contributed by atoms with van der Waals surface area (Å²) in [6, 6.07) is 0. The predicted molar refractivity (Wildman–Crippen MR) is 74.2 cm³/mol. The second kappa shape index (κ2) is 21.4. The van der Waals surface area contributed by atoms with Crippen LogP contribution >= 0.6 is 0 Å². The molecule has 0 aromatic rings. The van der Waals surface area contributed by atoms with Crippen molar-refractivity contribution >= 4 is 12.6 Å². The zero-order valence-corrected chi connectivity index (χ0v) is 12.4. The van der Waals surface area contributed by atoms with Gasteiger partial charge in [-0.05, 0) is 6.92 Å². The van der Waals surface area contributed by atoms with Gasteiger partial charge in [-0.1, -0.05) is 0 Å². The molecule has 0 aromatic carbocycles.